The van der Waals surface area contributed by atoms with E-state index in [4.69, 9.17) is 4.52 Å². The Bertz CT molecular complexity index is 983. The molecule has 1 aliphatic heterocycles. The van der Waals surface area contributed by atoms with Gasteiger partial charge in [0.2, 0.25) is 17.6 Å². The van der Waals surface area contributed by atoms with E-state index in [1.807, 2.05) is 26.0 Å². The number of amides is 1. The standard InChI is InChI=1S/C20H18FN3O2/c1-12-6-7-17(13(2)8-12)19-22-20(26-23-19)14-9-18(25)24(11-14)16-5-3-4-15(21)10-16/h3-8,10,14H,9,11H2,1-2H3. The molecule has 0 N–H and O–H groups in total. The summed E-state index contributed by atoms with van der Waals surface area (Å²) in [6.07, 6.45) is 0.269. The van der Waals surface area contributed by atoms with Crippen molar-refractivity contribution in [2.75, 3.05) is 11.4 Å². The first-order chi connectivity index (χ1) is 12.5. The van der Waals surface area contributed by atoms with Gasteiger partial charge >= 0.3 is 0 Å². The van der Waals surface area contributed by atoms with Crippen molar-refractivity contribution < 1.29 is 13.7 Å². The second-order valence-corrected chi connectivity index (χ2v) is 6.66. The zero-order chi connectivity index (χ0) is 18.3. The Labute approximate surface area is 150 Å². The number of rotatable bonds is 3. The van der Waals surface area contributed by atoms with E-state index in [1.165, 1.54) is 17.7 Å². The number of hydrogen-bond donors (Lipinski definition) is 0. The molecule has 2 heterocycles. The van der Waals surface area contributed by atoms with Gasteiger partial charge in [0.05, 0.1) is 5.92 Å². The molecule has 0 radical (unpaired) electrons. The Morgan fingerprint density at radius 1 is 1.19 bits per heavy atom. The Hall–Kier alpha value is -3.02. The van der Waals surface area contributed by atoms with E-state index in [0.717, 1.165) is 11.1 Å². The maximum absolute atomic E-state index is 13.4. The quantitative estimate of drug-likeness (QED) is 0.715. The molecule has 3 aromatic rings. The van der Waals surface area contributed by atoms with Gasteiger partial charge in [0.1, 0.15) is 5.82 Å². The third kappa shape index (κ3) is 2.98. The molecular weight excluding hydrogens is 333 g/mol. The van der Waals surface area contributed by atoms with Crippen LogP contribution in [0.1, 0.15) is 29.4 Å². The third-order valence-electron chi connectivity index (χ3n) is 4.66. The summed E-state index contributed by atoms with van der Waals surface area (Å²) >= 11 is 0. The van der Waals surface area contributed by atoms with Crippen molar-refractivity contribution in [3.8, 4) is 11.4 Å². The molecule has 1 aliphatic rings. The van der Waals surface area contributed by atoms with Gasteiger partial charge in [-0.05, 0) is 37.6 Å². The van der Waals surface area contributed by atoms with Crippen molar-refractivity contribution in [1.29, 1.82) is 0 Å². The monoisotopic (exact) mass is 351 g/mol. The molecule has 1 amide bonds. The van der Waals surface area contributed by atoms with E-state index in [1.54, 1.807) is 17.0 Å². The lowest BCUT2D eigenvalue weighted by Crippen LogP contribution is -2.24. The van der Waals surface area contributed by atoms with Crippen molar-refractivity contribution in [2.45, 2.75) is 26.2 Å². The minimum Gasteiger partial charge on any atom is -0.339 e. The van der Waals surface area contributed by atoms with Gasteiger partial charge in [-0.25, -0.2) is 4.39 Å². The zero-order valence-corrected chi connectivity index (χ0v) is 14.6. The smallest absolute Gasteiger partial charge is 0.232 e. The predicted octanol–water partition coefficient (Wildman–Crippen LogP) is 4.01. The molecule has 4 rings (SSSR count). The average Bonchev–Trinajstić information content (AvgIpc) is 3.21. The number of anilines is 1. The lowest BCUT2D eigenvalue weighted by molar-refractivity contribution is -0.117. The van der Waals surface area contributed by atoms with Gasteiger partial charge < -0.3 is 9.42 Å². The Kier molecular flexibility index (Phi) is 4.03. The van der Waals surface area contributed by atoms with Crippen LogP contribution in [0.3, 0.4) is 0 Å². The number of nitrogens with zero attached hydrogens (tertiary/aromatic N) is 3. The van der Waals surface area contributed by atoms with Crippen LogP contribution in [0.15, 0.2) is 47.0 Å². The minimum atomic E-state index is -0.367. The van der Waals surface area contributed by atoms with Crippen LogP contribution >= 0.6 is 0 Å². The molecule has 1 fully saturated rings. The van der Waals surface area contributed by atoms with E-state index in [2.05, 4.69) is 16.2 Å². The minimum absolute atomic E-state index is 0.0770. The highest BCUT2D eigenvalue weighted by Crippen LogP contribution is 2.32. The maximum atomic E-state index is 13.4. The third-order valence-corrected chi connectivity index (χ3v) is 4.66. The zero-order valence-electron chi connectivity index (χ0n) is 14.6. The number of hydrogen-bond acceptors (Lipinski definition) is 4. The summed E-state index contributed by atoms with van der Waals surface area (Å²) in [5.41, 5.74) is 3.70. The lowest BCUT2D eigenvalue weighted by atomic mass is 10.1. The average molecular weight is 351 g/mol. The van der Waals surface area contributed by atoms with Crippen LogP contribution in [0.2, 0.25) is 0 Å². The molecule has 0 bridgehead atoms. The molecule has 2 aromatic carbocycles. The summed E-state index contributed by atoms with van der Waals surface area (Å²) < 4.78 is 18.9. The second-order valence-electron chi connectivity index (χ2n) is 6.66. The first-order valence-electron chi connectivity index (χ1n) is 8.48. The first kappa shape index (κ1) is 16.4. The summed E-state index contributed by atoms with van der Waals surface area (Å²) in [5.74, 6) is 0.319. The van der Waals surface area contributed by atoms with Crippen LogP contribution in [0.4, 0.5) is 10.1 Å². The van der Waals surface area contributed by atoms with Crippen LogP contribution in [-0.4, -0.2) is 22.6 Å². The predicted molar refractivity (Wildman–Crippen MR) is 95.3 cm³/mol. The van der Waals surface area contributed by atoms with Crippen molar-refractivity contribution in [3.05, 3.63) is 65.3 Å². The molecule has 6 heteroatoms. The van der Waals surface area contributed by atoms with Crippen molar-refractivity contribution >= 4 is 11.6 Å². The van der Waals surface area contributed by atoms with Crippen LogP contribution in [0.25, 0.3) is 11.4 Å². The number of aromatic nitrogens is 2. The van der Waals surface area contributed by atoms with E-state index >= 15 is 0 Å². The summed E-state index contributed by atoms with van der Waals surface area (Å²) in [6.45, 7) is 4.43. The maximum Gasteiger partial charge on any atom is 0.232 e. The molecule has 1 aromatic heterocycles. The molecule has 1 atom stereocenters. The van der Waals surface area contributed by atoms with Crippen LogP contribution in [0.5, 0.6) is 0 Å². The van der Waals surface area contributed by atoms with Gasteiger partial charge in [-0.1, -0.05) is 35.0 Å². The molecule has 1 unspecified atom stereocenters. The van der Waals surface area contributed by atoms with Crippen LogP contribution < -0.4 is 4.90 Å². The Morgan fingerprint density at radius 2 is 2.04 bits per heavy atom. The number of carbonyl (C=O) groups is 1. The van der Waals surface area contributed by atoms with Gasteiger partial charge in [0.25, 0.3) is 0 Å². The van der Waals surface area contributed by atoms with Gasteiger partial charge in [-0.3, -0.25) is 4.79 Å². The van der Waals surface area contributed by atoms with E-state index in [0.29, 0.717) is 23.9 Å². The topological polar surface area (TPSA) is 59.2 Å². The summed E-state index contributed by atoms with van der Waals surface area (Å²) in [5, 5.41) is 4.08. The van der Waals surface area contributed by atoms with E-state index in [-0.39, 0.29) is 24.1 Å². The van der Waals surface area contributed by atoms with Crippen LogP contribution in [-0.2, 0) is 4.79 Å². The first-order valence-corrected chi connectivity index (χ1v) is 8.48. The molecule has 1 saturated heterocycles. The number of carbonyl (C=O) groups excluding carboxylic acids is 1. The van der Waals surface area contributed by atoms with E-state index in [9.17, 15) is 9.18 Å². The SMILES string of the molecule is Cc1ccc(-c2noc(C3CC(=O)N(c4cccc(F)c4)C3)n2)c(C)c1. The van der Waals surface area contributed by atoms with Crippen molar-refractivity contribution in [1.82, 2.24) is 10.1 Å². The molecule has 132 valence electrons. The normalized spacial score (nSPS) is 17.1. The molecule has 0 aliphatic carbocycles. The van der Waals surface area contributed by atoms with Gasteiger partial charge in [0.15, 0.2) is 0 Å². The number of aryl methyl sites for hydroxylation is 2. The Morgan fingerprint density at radius 3 is 2.81 bits per heavy atom. The Balaban J connectivity index is 1.58. The highest BCUT2D eigenvalue weighted by molar-refractivity contribution is 5.96. The second kappa shape index (κ2) is 6.37. The number of halogens is 1. The molecule has 26 heavy (non-hydrogen) atoms. The van der Waals surface area contributed by atoms with Crippen molar-refractivity contribution in [3.63, 3.8) is 0 Å². The summed E-state index contributed by atoms with van der Waals surface area (Å²) in [7, 11) is 0. The largest absolute Gasteiger partial charge is 0.339 e. The number of benzene rings is 2. The summed E-state index contributed by atoms with van der Waals surface area (Å²) in [4.78, 5) is 18.4. The molecule has 0 spiro atoms. The van der Waals surface area contributed by atoms with Crippen LogP contribution in [0, 0.1) is 19.7 Å². The lowest BCUT2D eigenvalue weighted by Gasteiger charge is -2.15. The van der Waals surface area contributed by atoms with Gasteiger partial charge in [0, 0.05) is 24.2 Å². The fraction of sp³-hybridized carbons (Fsp3) is 0.250. The van der Waals surface area contributed by atoms with Gasteiger partial charge in [-0.2, -0.15) is 4.98 Å². The highest BCUT2D eigenvalue weighted by Gasteiger charge is 2.35. The van der Waals surface area contributed by atoms with E-state index < -0.39 is 0 Å². The molecular formula is C20H18FN3O2. The fourth-order valence-corrected chi connectivity index (χ4v) is 3.34. The summed E-state index contributed by atoms with van der Waals surface area (Å²) in [6, 6.07) is 12.1. The van der Waals surface area contributed by atoms with Gasteiger partial charge in [-0.15, -0.1) is 0 Å². The molecule has 0 saturated carbocycles. The van der Waals surface area contributed by atoms with Crippen molar-refractivity contribution in [2.24, 2.45) is 0 Å². The fourth-order valence-electron chi connectivity index (χ4n) is 3.34. The highest BCUT2D eigenvalue weighted by atomic mass is 19.1. The molecule has 5 nitrogen and oxygen atoms in total.